The van der Waals surface area contributed by atoms with Gasteiger partial charge in [-0.2, -0.15) is 0 Å². The molecule has 0 saturated heterocycles. The van der Waals surface area contributed by atoms with Crippen molar-refractivity contribution in [1.82, 2.24) is 0 Å². The molecule has 2 aliphatic carbocycles. The topological polar surface area (TPSA) is 0 Å². The molecule has 0 spiro atoms. The second-order valence-electron chi connectivity index (χ2n) is 7.24. The molecular formula is C18H14Br8. The van der Waals surface area contributed by atoms with Crippen molar-refractivity contribution in [2.45, 2.75) is 37.0 Å². The molecule has 2 aliphatic rings. The number of benzene rings is 1. The van der Waals surface area contributed by atoms with E-state index < -0.39 is 10.8 Å². The molecule has 0 radical (unpaired) electrons. The van der Waals surface area contributed by atoms with Crippen LogP contribution in [0.15, 0.2) is 49.4 Å². The number of allylic oxidation sites excluding steroid dienone is 4. The molecule has 1 fully saturated rings. The van der Waals surface area contributed by atoms with Gasteiger partial charge in [-0.1, -0.05) is 140 Å². The van der Waals surface area contributed by atoms with Crippen LogP contribution in [0.4, 0.5) is 0 Å². The van der Waals surface area contributed by atoms with Gasteiger partial charge in [-0.3, -0.25) is 0 Å². The second-order valence-corrected chi connectivity index (χ2v) is 17.7. The number of fused-ring (bicyclic) bond motifs is 1. The molecule has 1 aromatic rings. The Kier molecular flexibility index (Phi) is 6.27. The highest BCUT2D eigenvalue weighted by Crippen LogP contribution is 2.81. The lowest BCUT2D eigenvalue weighted by atomic mass is 9.74. The second kappa shape index (κ2) is 7.03. The van der Waals surface area contributed by atoms with Crippen LogP contribution in [0.2, 0.25) is 0 Å². The van der Waals surface area contributed by atoms with Crippen molar-refractivity contribution in [2.75, 3.05) is 0 Å². The van der Waals surface area contributed by atoms with E-state index in [0.717, 1.165) is 13.4 Å². The highest BCUT2D eigenvalue weighted by atomic mass is 79.9. The van der Waals surface area contributed by atoms with Crippen molar-refractivity contribution < 1.29 is 0 Å². The van der Waals surface area contributed by atoms with Gasteiger partial charge in [0.05, 0.1) is 4.32 Å². The Hall–Kier alpha value is 2.54. The van der Waals surface area contributed by atoms with E-state index in [0.29, 0.717) is 0 Å². The van der Waals surface area contributed by atoms with Crippen molar-refractivity contribution in [3.8, 4) is 0 Å². The summed E-state index contributed by atoms with van der Waals surface area (Å²) in [5.41, 5.74) is 1.82. The lowest BCUT2D eigenvalue weighted by Crippen LogP contribution is -2.54. The summed E-state index contributed by atoms with van der Waals surface area (Å²) in [6, 6.07) is 10.6. The number of rotatable bonds is 1. The van der Waals surface area contributed by atoms with Crippen LogP contribution in [0, 0.1) is 5.41 Å². The van der Waals surface area contributed by atoms with Gasteiger partial charge in [0.25, 0.3) is 0 Å². The Morgan fingerprint density at radius 2 is 1.23 bits per heavy atom. The van der Waals surface area contributed by atoms with Gasteiger partial charge in [0.1, 0.15) is 6.47 Å². The average molecular weight is 870 g/mol. The van der Waals surface area contributed by atoms with Crippen LogP contribution < -0.4 is 0 Å². The highest BCUT2D eigenvalue weighted by molar-refractivity contribution is 9.27. The fraction of sp³-hybridized carbons (Fsp3) is 0.444. The van der Waals surface area contributed by atoms with Gasteiger partial charge in [0.15, 0.2) is 0 Å². The van der Waals surface area contributed by atoms with Crippen LogP contribution in [-0.2, 0) is 5.41 Å². The standard InChI is InChI=1S/C18H14Br8/c1-14(2)16(22)12(10(19)11(20)13(21)17(16,23)24)15(3,18(14,25)26)9-7-5-4-6-8-9/h4-8H,1-3H3. The van der Waals surface area contributed by atoms with Crippen molar-refractivity contribution in [1.29, 1.82) is 0 Å². The van der Waals surface area contributed by atoms with Gasteiger partial charge >= 0.3 is 0 Å². The molecule has 0 aromatic heterocycles. The van der Waals surface area contributed by atoms with Crippen LogP contribution in [0.5, 0.6) is 0 Å². The summed E-state index contributed by atoms with van der Waals surface area (Å²) in [7, 11) is 0. The largest absolute Gasteiger partial charge is 0.132 e. The van der Waals surface area contributed by atoms with E-state index in [1.165, 1.54) is 11.1 Å². The number of halogens is 8. The molecule has 26 heavy (non-hydrogen) atoms. The highest BCUT2D eigenvalue weighted by Gasteiger charge is 2.79. The maximum Gasteiger partial charge on any atom is 0.132 e. The van der Waals surface area contributed by atoms with E-state index in [1.54, 1.807) is 0 Å². The van der Waals surface area contributed by atoms with Crippen LogP contribution in [-0.4, -0.2) is 10.8 Å². The quantitative estimate of drug-likeness (QED) is 0.247. The van der Waals surface area contributed by atoms with E-state index in [-0.39, 0.29) is 10.8 Å². The van der Waals surface area contributed by atoms with Crippen molar-refractivity contribution in [3.63, 3.8) is 0 Å². The minimum atomic E-state index is -0.554. The third-order valence-electron chi connectivity index (χ3n) is 5.78. The van der Waals surface area contributed by atoms with Crippen LogP contribution >= 0.6 is 127 Å². The molecule has 3 rings (SSSR count). The maximum absolute atomic E-state index is 4.20. The Bertz CT molecular complexity index is 836. The first-order chi connectivity index (χ1) is 11.7. The molecule has 0 bridgehead atoms. The monoisotopic (exact) mass is 861 g/mol. The molecule has 1 aromatic carbocycles. The van der Waals surface area contributed by atoms with Crippen molar-refractivity contribution in [3.05, 3.63) is 54.9 Å². The van der Waals surface area contributed by atoms with E-state index in [1.807, 2.05) is 0 Å². The van der Waals surface area contributed by atoms with E-state index >= 15 is 0 Å². The Morgan fingerprint density at radius 3 is 1.73 bits per heavy atom. The lowest BCUT2D eigenvalue weighted by molar-refractivity contribution is 0.298. The average Bonchev–Trinajstić information content (AvgIpc) is 2.68. The van der Waals surface area contributed by atoms with Crippen molar-refractivity contribution in [2.24, 2.45) is 5.41 Å². The molecule has 0 heterocycles. The molecule has 2 unspecified atom stereocenters. The fourth-order valence-electron chi connectivity index (χ4n) is 4.17. The first-order valence-corrected chi connectivity index (χ1v) is 14.0. The summed E-state index contributed by atoms with van der Waals surface area (Å²) >= 11 is 31.8. The number of hydrogen-bond acceptors (Lipinski definition) is 0. The van der Waals surface area contributed by atoms with Gasteiger partial charge in [-0.15, -0.1) is 0 Å². The zero-order valence-electron chi connectivity index (χ0n) is 13.9. The summed E-state index contributed by atoms with van der Waals surface area (Å²) in [6.07, 6.45) is 0. The number of hydrogen-bond donors (Lipinski definition) is 0. The Balaban J connectivity index is 2.54. The maximum atomic E-state index is 4.20. The molecule has 0 aliphatic heterocycles. The summed E-state index contributed by atoms with van der Waals surface area (Å²) < 4.78 is 1.54. The van der Waals surface area contributed by atoms with Gasteiger partial charge in [0, 0.05) is 24.3 Å². The Labute approximate surface area is 221 Å². The predicted octanol–water partition coefficient (Wildman–Crippen LogP) is 9.75. The van der Waals surface area contributed by atoms with Gasteiger partial charge in [0.2, 0.25) is 0 Å². The molecule has 8 heteroatoms. The van der Waals surface area contributed by atoms with E-state index in [2.05, 4.69) is 179 Å². The van der Waals surface area contributed by atoms with E-state index in [4.69, 9.17) is 0 Å². The molecule has 0 nitrogen and oxygen atoms in total. The smallest absolute Gasteiger partial charge is 0.0768 e. The number of alkyl halides is 5. The van der Waals surface area contributed by atoms with Gasteiger partial charge in [-0.05, 0) is 49.9 Å². The molecule has 2 atom stereocenters. The summed E-state index contributed by atoms with van der Waals surface area (Å²) in [6.45, 7) is 6.80. The van der Waals surface area contributed by atoms with Crippen LogP contribution in [0.3, 0.4) is 0 Å². The molecule has 0 amide bonds. The zero-order valence-corrected chi connectivity index (χ0v) is 26.6. The zero-order chi connectivity index (χ0) is 19.9. The normalized spacial score (nSPS) is 34.9. The summed E-state index contributed by atoms with van der Waals surface area (Å²) in [5, 5.41) is 0. The minimum Gasteiger partial charge on any atom is -0.0768 e. The summed E-state index contributed by atoms with van der Waals surface area (Å²) in [4.78, 5) is 0. The lowest BCUT2D eigenvalue weighted by Gasteiger charge is -2.50. The summed E-state index contributed by atoms with van der Waals surface area (Å²) in [5.74, 6) is 0. The molecular weight excluding hydrogens is 855 g/mol. The van der Waals surface area contributed by atoms with E-state index in [9.17, 15) is 0 Å². The fourth-order valence-corrected chi connectivity index (χ4v) is 12.2. The van der Waals surface area contributed by atoms with Crippen LogP contribution in [0.1, 0.15) is 26.3 Å². The SMILES string of the molecule is CC1(c2ccccc2)C2=C(Br)C(Br)=C(Br)C(Br)(Br)C2(Br)C(C)(C)C1(Br)Br. The Morgan fingerprint density at radius 1 is 0.731 bits per heavy atom. The first kappa shape index (κ1) is 23.2. The molecule has 142 valence electrons. The molecule has 0 N–H and O–H groups in total. The predicted molar refractivity (Wildman–Crippen MR) is 141 cm³/mol. The van der Waals surface area contributed by atoms with Gasteiger partial charge in [-0.25, -0.2) is 0 Å². The third kappa shape index (κ3) is 2.54. The molecule has 1 saturated carbocycles. The first-order valence-electron chi connectivity index (χ1n) is 7.67. The van der Waals surface area contributed by atoms with Crippen LogP contribution in [0.25, 0.3) is 0 Å². The minimum absolute atomic E-state index is 0.279. The third-order valence-corrected chi connectivity index (χ3v) is 19.1. The van der Waals surface area contributed by atoms with Gasteiger partial charge < -0.3 is 0 Å². The van der Waals surface area contributed by atoms with Crippen molar-refractivity contribution >= 4 is 127 Å².